The molecule has 2 aromatic carbocycles. The zero-order valence-corrected chi connectivity index (χ0v) is 11.8. The van der Waals surface area contributed by atoms with E-state index in [0.29, 0.717) is 12.2 Å². The van der Waals surface area contributed by atoms with Crippen LogP contribution in [0.2, 0.25) is 0 Å². The fraction of sp³-hybridized carbons (Fsp3) is 0.235. The fourth-order valence-electron chi connectivity index (χ4n) is 1.96. The van der Waals surface area contributed by atoms with E-state index in [2.05, 4.69) is 5.32 Å². The third-order valence-electron chi connectivity index (χ3n) is 3.33. The lowest BCUT2D eigenvalue weighted by Crippen LogP contribution is -2.13. The summed E-state index contributed by atoms with van der Waals surface area (Å²) in [6, 6.07) is 14.8. The first-order valence-electron chi connectivity index (χ1n) is 6.94. The van der Waals surface area contributed by atoms with Crippen LogP contribution in [0.25, 0.3) is 0 Å². The van der Waals surface area contributed by atoms with Gasteiger partial charge in [-0.2, -0.15) is 0 Å². The van der Waals surface area contributed by atoms with Crippen molar-refractivity contribution in [1.82, 2.24) is 0 Å². The fourth-order valence-corrected chi connectivity index (χ4v) is 1.96. The molecular weight excluding hydrogens is 266 g/mol. The van der Waals surface area contributed by atoms with Crippen LogP contribution in [0.5, 0.6) is 5.75 Å². The Bertz CT molecular complexity index is 636. The number of aryl methyl sites for hydroxylation is 1. The molecule has 1 aliphatic rings. The van der Waals surface area contributed by atoms with Gasteiger partial charge in [0.1, 0.15) is 18.5 Å². The highest BCUT2D eigenvalue weighted by atomic mass is 16.6. The van der Waals surface area contributed by atoms with Crippen molar-refractivity contribution in [3.63, 3.8) is 0 Å². The lowest BCUT2D eigenvalue weighted by molar-refractivity contribution is 0.102. The molecule has 2 aromatic rings. The molecule has 4 nitrogen and oxygen atoms in total. The molecule has 1 atom stereocenters. The molecule has 3 rings (SSSR count). The second kappa shape index (κ2) is 5.97. The summed E-state index contributed by atoms with van der Waals surface area (Å²) in [5.74, 6) is 0.612. The molecule has 108 valence electrons. The van der Waals surface area contributed by atoms with Gasteiger partial charge in [-0.1, -0.05) is 24.3 Å². The number of hydrogen-bond acceptors (Lipinski definition) is 3. The van der Waals surface area contributed by atoms with Gasteiger partial charge in [0.15, 0.2) is 0 Å². The van der Waals surface area contributed by atoms with Crippen molar-refractivity contribution in [3.8, 4) is 5.75 Å². The Labute approximate surface area is 123 Å². The van der Waals surface area contributed by atoms with Crippen molar-refractivity contribution in [1.29, 1.82) is 0 Å². The molecule has 1 unspecified atom stereocenters. The van der Waals surface area contributed by atoms with Gasteiger partial charge in [-0.25, -0.2) is 0 Å². The Morgan fingerprint density at radius 1 is 1.29 bits per heavy atom. The summed E-state index contributed by atoms with van der Waals surface area (Å²) in [6.45, 7) is 3.27. The number of rotatable bonds is 5. The predicted molar refractivity (Wildman–Crippen MR) is 80.8 cm³/mol. The molecule has 1 amide bonds. The Kier molecular flexibility index (Phi) is 3.88. The third kappa shape index (κ3) is 3.61. The number of carbonyl (C=O) groups is 1. The minimum Gasteiger partial charge on any atom is -0.491 e. The van der Waals surface area contributed by atoms with E-state index in [1.807, 2.05) is 43.3 Å². The summed E-state index contributed by atoms with van der Waals surface area (Å²) in [6.07, 6.45) is 0.216. The van der Waals surface area contributed by atoms with E-state index in [1.54, 1.807) is 12.1 Å². The summed E-state index contributed by atoms with van der Waals surface area (Å²) >= 11 is 0. The Hall–Kier alpha value is -2.33. The van der Waals surface area contributed by atoms with E-state index in [1.165, 1.54) is 0 Å². The molecule has 21 heavy (non-hydrogen) atoms. The number of carbonyl (C=O) groups excluding carboxylic acids is 1. The number of anilines is 1. The summed E-state index contributed by atoms with van der Waals surface area (Å²) in [5.41, 5.74) is 2.39. The molecule has 0 aliphatic carbocycles. The van der Waals surface area contributed by atoms with Gasteiger partial charge in [-0.05, 0) is 30.7 Å². The van der Waals surface area contributed by atoms with Gasteiger partial charge in [0.05, 0.1) is 6.61 Å². The van der Waals surface area contributed by atoms with E-state index in [9.17, 15) is 4.79 Å². The highest BCUT2D eigenvalue weighted by molar-refractivity contribution is 6.04. The molecule has 1 saturated heterocycles. The zero-order valence-electron chi connectivity index (χ0n) is 11.8. The van der Waals surface area contributed by atoms with Crippen LogP contribution in [0.1, 0.15) is 15.9 Å². The highest BCUT2D eigenvalue weighted by Crippen LogP contribution is 2.23. The lowest BCUT2D eigenvalue weighted by Gasteiger charge is -2.11. The van der Waals surface area contributed by atoms with Crippen LogP contribution in [0, 0.1) is 6.92 Å². The maximum Gasteiger partial charge on any atom is 0.255 e. The molecule has 0 saturated carbocycles. The first-order valence-corrected chi connectivity index (χ1v) is 6.94. The first kappa shape index (κ1) is 13.6. The van der Waals surface area contributed by atoms with Crippen LogP contribution in [0.4, 0.5) is 5.69 Å². The monoisotopic (exact) mass is 283 g/mol. The van der Waals surface area contributed by atoms with Crippen LogP contribution < -0.4 is 10.1 Å². The smallest absolute Gasteiger partial charge is 0.255 e. The van der Waals surface area contributed by atoms with Gasteiger partial charge in [0, 0.05) is 17.3 Å². The Morgan fingerprint density at radius 3 is 2.76 bits per heavy atom. The third-order valence-corrected chi connectivity index (χ3v) is 3.33. The van der Waals surface area contributed by atoms with Gasteiger partial charge in [0.25, 0.3) is 5.91 Å². The maximum atomic E-state index is 12.2. The van der Waals surface area contributed by atoms with Crippen molar-refractivity contribution >= 4 is 11.6 Å². The molecule has 1 N–H and O–H groups in total. The van der Waals surface area contributed by atoms with Crippen LogP contribution in [-0.2, 0) is 4.74 Å². The number of benzene rings is 2. The summed E-state index contributed by atoms with van der Waals surface area (Å²) in [7, 11) is 0. The van der Waals surface area contributed by atoms with Crippen LogP contribution >= 0.6 is 0 Å². The van der Waals surface area contributed by atoms with E-state index >= 15 is 0 Å². The van der Waals surface area contributed by atoms with Gasteiger partial charge >= 0.3 is 0 Å². The van der Waals surface area contributed by atoms with Crippen molar-refractivity contribution < 1.29 is 14.3 Å². The normalized spacial score (nSPS) is 16.3. The van der Waals surface area contributed by atoms with Gasteiger partial charge in [-0.3, -0.25) is 4.79 Å². The van der Waals surface area contributed by atoms with Crippen molar-refractivity contribution in [2.45, 2.75) is 13.0 Å². The second-order valence-corrected chi connectivity index (χ2v) is 5.06. The van der Waals surface area contributed by atoms with Gasteiger partial charge < -0.3 is 14.8 Å². The molecule has 1 fully saturated rings. The molecule has 0 spiro atoms. The number of nitrogens with one attached hydrogen (secondary N) is 1. The van der Waals surface area contributed by atoms with Crippen molar-refractivity contribution in [2.24, 2.45) is 0 Å². The average molecular weight is 283 g/mol. The van der Waals surface area contributed by atoms with Crippen LogP contribution in [0.3, 0.4) is 0 Å². The minimum absolute atomic E-state index is 0.124. The number of epoxide rings is 1. The van der Waals surface area contributed by atoms with Crippen molar-refractivity contribution in [3.05, 3.63) is 59.7 Å². The summed E-state index contributed by atoms with van der Waals surface area (Å²) in [5, 5.41) is 2.92. The quantitative estimate of drug-likeness (QED) is 0.858. The standard InChI is InChI=1S/C17H17NO3/c1-12-7-8-14(20-10-15-11-21-15)9-16(12)18-17(19)13-5-3-2-4-6-13/h2-9,15H,10-11H2,1H3,(H,18,19). The maximum absolute atomic E-state index is 12.2. The second-order valence-electron chi connectivity index (χ2n) is 5.06. The minimum atomic E-state index is -0.124. The van der Waals surface area contributed by atoms with Crippen LogP contribution in [0.15, 0.2) is 48.5 Å². The highest BCUT2D eigenvalue weighted by Gasteiger charge is 2.23. The van der Waals surface area contributed by atoms with E-state index < -0.39 is 0 Å². The summed E-state index contributed by atoms with van der Waals surface area (Å²) in [4.78, 5) is 12.2. The Balaban J connectivity index is 1.71. The predicted octanol–water partition coefficient (Wildman–Crippen LogP) is 3.02. The first-order chi connectivity index (χ1) is 10.2. The van der Waals surface area contributed by atoms with Gasteiger partial charge in [0.2, 0.25) is 0 Å². The van der Waals surface area contributed by atoms with Crippen molar-refractivity contribution in [2.75, 3.05) is 18.5 Å². The molecular formula is C17H17NO3. The van der Waals surface area contributed by atoms with E-state index in [4.69, 9.17) is 9.47 Å². The molecule has 0 radical (unpaired) electrons. The van der Waals surface area contributed by atoms with Crippen LogP contribution in [-0.4, -0.2) is 25.2 Å². The average Bonchev–Trinajstić information content (AvgIpc) is 3.33. The lowest BCUT2D eigenvalue weighted by atomic mass is 10.1. The topological polar surface area (TPSA) is 50.9 Å². The van der Waals surface area contributed by atoms with E-state index in [0.717, 1.165) is 23.6 Å². The Morgan fingerprint density at radius 2 is 2.05 bits per heavy atom. The molecule has 0 aromatic heterocycles. The molecule has 4 heteroatoms. The molecule has 0 bridgehead atoms. The number of ether oxygens (including phenoxy) is 2. The number of amides is 1. The molecule has 1 aliphatic heterocycles. The number of hydrogen-bond donors (Lipinski definition) is 1. The van der Waals surface area contributed by atoms with Gasteiger partial charge in [-0.15, -0.1) is 0 Å². The summed E-state index contributed by atoms with van der Waals surface area (Å²) < 4.78 is 10.7. The SMILES string of the molecule is Cc1ccc(OCC2CO2)cc1NC(=O)c1ccccc1. The van der Waals surface area contributed by atoms with E-state index in [-0.39, 0.29) is 12.0 Å². The molecule has 1 heterocycles. The zero-order chi connectivity index (χ0) is 14.7. The largest absolute Gasteiger partial charge is 0.491 e.